The highest BCUT2D eigenvalue weighted by Gasteiger charge is 2.34. The third-order valence-corrected chi connectivity index (χ3v) is 3.14. The molecule has 1 aliphatic rings. The molecule has 4 heteroatoms. The molecule has 1 aromatic heterocycles. The van der Waals surface area contributed by atoms with Crippen molar-refractivity contribution in [2.75, 3.05) is 19.5 Å². The lowest BCUT2D eigenvalue weighted by Crippen LogP contribution is -2.25. The summed E-state index contributed by atoms with van der Waals surface area (Å²) in [6.45, 7) is 1.01. The molecule has 0 amide bonds. The number of ether oxygens (including phenoxy) is 1. The minimum Gasteiger partial charge on any atom is -0.383 e. The largest absolute Gasteiger partial charge is 0.383 e. The van der Waals surface area contributed by atoms with Gasteiger partial charge in [-0.2, -0.15) is 0 Å². The van der Waals surface area contributed by atoms with Crippen LogP contribution in [0.15, 0.2) is 23.4 Å². The summed E-state index contributed by atoms with van der Waals surface area (Å²) in [7, 11) is 0. The Kier molecular flexibility index (Phi) is 2.76. The number of hydrogen-bond donors (Lipinski definition) is 1. The molecule has 1 atom stereocenters. The highest BCUT2D eigenvalue weighted by Crippen LogP contribution is 2.30. The molecular weight excluding hydrogens is 198 g/mol. The number of rotatable bonds is 2. The van der Waals surface area contributed by atoms with Gasteiger partial charge in [0.25, 0.3) is 0 Å². The van der Waals surface area contributed by atoms with E-state index in [0.29, 0.717) is 19.6 Å². The molecule has 2 rings (SSSR count). The molecular formula is C10H13NO2S. The number of hydrogen-bond acceptors (Lipinski definition) is 4. The van der Waals surface area contributed by atoms with Gasteiger partial charge in [-0.25, -0.2) is 4.98 Å². The van der Waals surface area contributed by atoms with Crippen LogP contribution >= 0.6 is 11.8 Å². The van der Waals surface area contributed by atoms with E-state index in [0.717, 1.165) is 10.6 Å². The first-order valence-corrected chi connectivity index (χ1v) is 5.78. The summed E-state index contributed by atoms with van der Waals surface area (Å²) < 4.78 is 5.19. The van der Waals surface area contributed by atoms with Crippen LogP contribution in [0, 0.1) is 0 Å². The molecule has 1 aromatic rings. The topological polar surface area (TPSA) is 42.4 Å². The van der Waals surface area contributed by atoms with Gasteiger partial charge in [-0.05, 0) is 12.3 Å². The first-order valence-electron chi connectivity index (χ1n) is 4.55. The van der Waals surface area contributed by atoms with Crippen LogP contribution in [0.2, 0.25) is 0 Å². The molecule has 1 fully saturated rings. The third-order valence-electron chi connectivity index (χ3n) is 2.48. The summed E-state index contributed by atoms with van der Waals surface area (Å²) in [5, 5.41) is 11.1. The molecule has 1 unspecified atom stereocenters. The zero-order chi connectivity index (χ0) is 10.0. The Hall–Kier alpha value is -0.580. The van der Waals surface area contributed by atoms with Gasteiger partial charge < -0.3 is 9.84 Å². The maximum atomic E-state index is 10.2. The molecule has 0 bridgehead atoms. The number of nitrogens with zero attached hydrogens (tertiary/aromatic N) is 1. The fourth-order valence-corrected chi connectivity index (χ4v) is 1.92. The number of aromatic nitrogens is 1. The van der Waals surface area contributed by atoms with Gasteiger partial charge in [0, 0.05) is 24.8 Å². The van der Waals surface area contributed by atoms with Crippen molar-refractivity contribution < 1.29 is 9.84 Å². The Morgan fingerprint density at radius 2 is 2.43 bits per heavy atom. The highest BCUT2D eigenvalue weighted by atomic mass is 32.2. The van der Waals surface area contributed by atoms with Crippen LogP contribution in [0.4, 0.5) is 0 Å². The summed E-state index contributed by atoms with van der Waals surface area (Å²) >= 11 is 1.59. The van der Waals surface area contributed by atoms with Crippen molar-refractivity contribution >= 4 is 11.8 Å². The van der Waals surface area contributed by atoms with E-state index >= 15 is 0 Å². The van der Waals surface area contributed by atoms with E-state index in [-0.39, 0.29) is 0 Å². The Bertz CT molecular complexity index is 306. The second-order valence-corrected chi connectivity index (χ2v) is 4.25. The zero-order valence-corrected chi connectivity index (χ0v) is 8.88. The van der Waals surface area contributed by atoms with E-state index in [1.165, 1.54) is 0 Å². The summed E-state index contributed by atoms with van der Waals surface area (Å²) in [4.78, 5) is 4.23. The van der Waals surface area contributed by atoms with Crippen LogP contribution in [-0.4, -0.2) is 29.6 Å². The number of aliphatic hydroxyl groups is 1. The monoisotopic (exact) mass is 211 g/mol. The molecule has 76 valence electrons. The first kappa shape index (κ1) is 9.96. The van der Waals surface area contributed by atoms with Crippen molar-refractivity contribution in [1.29, 1.82) is 0 Å². The summed E-state index contributed by atoms with van der Waals surface area (Å²) in [5.41, 5.74) is 0.0389. The molecule has 0 saturated carbocycles. The van der Waals surface area contributed by atoms with E-state index in [9.17, 15) is 5.11 Å². The zero-order valence-electron chi connectivity index (χ0n) is 8.06. The van der Waals surface area contributed by atoms with Gasteiger partial charge in [-0.1, -0.05) is 6.07 Å². The molecule has 1 saturated heterocycles. The number of pyridine rings is 1. The summed E-state index contributed by atoms with van der Waals surface area (Å²) in [5.74, 6) is 0. The Morgan fingerprint density at radius 3 is 2.93 bits per heavy atom. The van der Waals surface area contributed by atoms with Gasteiger partial charge in [-0.3, -0.25) is 0 Å². The maximum Gasteiger partial charge on any atom is 0.117 e. The van der Waals surface area contributed by atoms with E-state index in [1.54, 1.807) is 18.0 Å². The summed E-state index contributed by atoms with van der Waals surface area (Å²) in [6, 6.07) is 3.85. The highest BCUT2D eigenvalue weighted by molar-refractivity contribution is 7.98. The average Bonchev–Trinajstić information content (AvgIpc) is 2.67. The second kappa shape index (κ2) is 3.88. The van der Waals surface area contributed by atoms with E-state index in [4.69, 9.17) is 4.74 Å². The number of thioether (sulfide) groups is 1. The Morgan fingerprint density at radius 1 is 1.57 bits per heavy atom. The van der Waals surface area contributed by atoms with Gasteiger partial charge in [0.1, 0.15) is 5.60 Å². The average molecular weight is 211 g/mol. The lowest BCUT2D eigenvalue weighted by molar-refractivity contribution is 0.0228. The second-order valence-electron chi connectivity index (χ2n) is 3.42. The molecule has 14 heavy (non-hydrogen) atoms. The van der Waals surface area contributed by atoms with Gasteiger partial charge in [-0.15, -0.1) is 11.8 Å². The molecule has 0 aliphatic carbocycles. The summed E-state index contributed by atoms with van der Waals surface area (Å²) in [6.07, 6.45) is 4.38. The van der Waals surface area contributed by atoms with Crippen LogP contribution in [0.3, 0.4) is 0 Å². The molecule has 0 aromatic carbocycles. The Balaban J connectivity index is 2.23. The first-order chi connectivity index (χ1) is 6.74. The maximum absolute atomic E-state index is 10.2. The lowest BCUT2D eigenvalue weighted by atomic mass is 9.95. The predicted molar refractivity (Wildman–Crippen MR) is 55.4 cm³/mol. The van der Waals surface area contributed by atoms with Gasteiger partial charge in [0.2, 0.25) is 0 Å². The van der Waals surface area contributed by atoms with Crippen LogP contribution in [0.1, 0.15) is 12.0 Å². The molecule has 1 aliphatic heterocycles. The fourth-order valence-electron chi connectivity index (χ4n) is 1.56. The van der Waals surface area contributed by atoms with Gasteiger partial charge in [0.05, 0.1) is 11.6 Å². The van der Waals surface area contributed by atoms with Crippen molar-refractivity contribution in [3.05, 3.63) is 23.9 Å². The van der Waals surface area contributed by atoms with Crippen molar-refractivity contribution in [2.45, 2.75) is 17.0 Å². The van der Waals surface area contributed by atoms with E-state index in [2.05, 4.69) is 4.98 Å². The van der Waals surface area contributed by atoms with Crippen molar-refractivity contribution in [3.63, 3.8) is 0 Å². The molecule has 1 N–H and O–H groups in total. The third kappa shape index (κ3) is 1.78. The quantitative estimate of drug-likeness (QED) is 0.751. The minimum atomic E-state index is -0.816. The molecule has 3 nitrogen and oxygen atoms in total. The molecule has 0 spiro atoms. The predicted octanol–water partition coefficient (Wildman–Crippen LogP) is 1.41. The van der Waals surface area contributed by atoms with E-state index in [1.807, 2.05) is 18.4 Å². The van der Waals surface area contributed by atoms with Gasteiger partial charge in [0.15, 0.2) is 0 Å². The molecule has 0 radical (unpaired) electrons. The van der Waals surface area contributed by atoms with Crippen molar-refractivity contribution in [1.82, 2.24) is 4.98 Å². The van der Waals surface area contributed by atoms with Crippen molar-refractivity contribution in [3.8, 4) is 0 Å². The lowest BCUT2D eigenvalue weighted by Gasteiger charge is -2.20. The minimum absolute atomic E-state index is 0.382. The van der Waals surface area contributed by atoms with E-state index < -0.39 is 5.60 Å². The van der Waals surface area contributed by atoms with Gasteiger partial charge >= 0.3 is 0 Å². The Labute approximate surface area is 87.5 Å². The van der Waals surface area contributed by atoms with Crippen LogP contribution in [-0.2, 0) is 10.3 Å². The normalized spacial score (nSPS) is 26.7. The fraction of sp³-hybridized carbons (Fsp3) is 0.500. The van der Waals surface area contributed by atoms with Crippen molar-refractivity contribution in [2.24, 2.45) is 0 Å². The van der Waals surface area contributed by atoms with Crippen LogP contribution in [0.5, 0.6) is 0 Å². The molecule has 2 heterocycles. The standard InChI is InChI=1S/C10H13NO2S/c1-14-9-3-2-8(6-11-9)10(12)4-5-13-7-10/h2-3,6,12H,4-5,7H2,1H3. The smallest absolute Gasteiger partial charge is 0.117 e. The van der Waals surface area contributed by atoms with Crippen LogP contribution < -0.4 is 0 Å². The van der Waals surface area contributed by atoms with Crippen LogP contribution in [0.25, 0.3) is 0 Å². The SMILES string of the molecule is CSc1ccc(C2(O)CCOC2)cn1.